The SMILES string of the molecule is CCOC1CCCN(C(=O)CCc2nc3ccccc3c(=O)[nH]2)C1. The zero-order valence-corrected chi connectivity index (χ0v) is 14.0. The second-order valence-corrected chi connectivity index (χ2v) is 6.09. The molecule has 1 aromatic carbocycles. The summed E-state index contributed by atoms with van der Waals surface area (Å²) in [6, 6.07) is 7.23. The maximum atomic E-state index is 12.4. The van der Waals surface area contributed by atoms with Gasteiger partial charge in [0, 0.05) is 32.5 Å². The van der Waals surface area contributed by atoms with Crippen LogP contribution in [0.4, 0.5) is 0 Å². The molecule has 1 aliphatic heterocycles. The van der Waals surface area contributed by atoms with E-state index >= 15 is 0 Å². The molecular weight excluding hydrogens is 306 g/mol. The summed E-state index contributed by atoms with van der Waals surface area (Å²) in [5.41, 5.74) is 0.510. The summed E-state index contributed by atoms with van der Waals surface area (Å²) in [5.74, 6) is 0.653. The van der Waals surface area contributed by atoms with Gasteiger partial charge in [0.1, 0.15) is 5.82 Å². The normalized spacial score (nSPS) is 18.0. The minimum atomic E-state index is -0.155. The van der Waals surface area contributed by atoms with E-state index < -0.39 is 0 Å². The molecule has 6 nitrogen and oxygen atoms in total. The molecule has 1 amide bonds. The number of hydrogen-bond acceptors (Lipinski definition) is 4. The Labute approximate surface area is 140 Å². The van der Waals surface area contributed by atoms with Gasteiger partial charge in [0.25, 0.3) is 5.56 Å². The number of aromatic nitrogens is 2. The first-order chi connectivity index (χ1) is 11.7. The number of aryl methyl sites for hydroxylation is 1. The molecular formula is C18H23N3O3. The molecule has 1 aromatic heterocycles. The molecule has 1 fully saturated rings. The van der Waals surface area contributed by atoms with Crippen LogP contribution in [0.3, 0.4) is 0 Å². The van der Waals surface area contributed by atoms with E-state index in [9.17, 15) is 9.59 Å². The zero-order valence-electron chi connectivity index (χ0n) is 14.0. The van der Waals surface area contributed by atoms with Gasteiger partial charge in [0.05, 0.1) is 17.0 Å². The molecule has 6 heteroatoms. The molecule has 128 valence electrons. The minimum absolute atomic E-state index is 0.0928. The fourth-order valence-corrected chi connectivity index (χ4v) is 3.17. The van der Waals surface area contributed by atoms with Crippen LogP contribution in [0.5, 0.6) is 0 Å². The highest BCUT2D eigenvalue weighted by atomic mass is 16.5. The molecule has 0 bridgehead atoms. The number of nitrogens with one attached hydrogen (secondary N) is 1. The van der Waals surface area contributed by atoms with Crippen molar-refractivity contribution in [2.24, 2.45) is 0 Å². The Hall–Kier alpha value is -2.21. The molecule has 0 spiro atoms. The lowest BCUT2D eigenvalue weighted by molar-refractivity contribution is -0.135. The van der Waals surface area contributed by atoms with Crippen LogP contribution in [0.25, 0.3) is 10.9 Å². The van der Waals surface area contributed by atoms with Crippen molar-refractivity contribution in [3.05, 3.63) is 40.4 Å². The number of piperidine rings is 1. The molecule has 1 atom stereocenters. The Morgan fingerprint density at radius 3 is 3.08 bits per heavy atom. The Bertz CT molecular complexity index is 769. The topological polar surface area (TPSA) is 75.3 Å². The molecule has 1 unspecified atom stereocenters. The first kappa shape index (κ1) is 16.6. The van der Waals surface area contributed by atoms with Crippen LogP contribution in [-0.2, 0) is 16.0 Å². The van der Waals surface area contributed by atoms with Gasteiger partial charge in [-0.15, -0.1) is 0 Å². The largest absolute Gasteiger partial charge is 0.377 e. The van der Waals surface area contributed by atoms with Gasteiger partial charge in [-0.1, -0.05) is 12.1 Å². The second-order valence-electron chi connectivity index (χ2n) is 6.09. The van der Waals surface area contributed by atoms with Gasteiger partial charge < -0.3 is 14.6 Å². The fourth-order valence-electron chi connectivity index (χ4n) is 3.17. The average Bonchev–Trinajstić information content (AvgIpc) is 2.60. The van der Waals surface area contributed by atoms with E-state index in [0.717, 1.165) is 19.4 Å². The number of aromatic amines is 1. The number of para-hydroxylation sites is 1. The van der Waals surface area contributed by atoms with E-state index in [4.69, 9.17) is 4.74 Å². The summed E-state index contributed by atoms with van der Waals surface area (Å²) in [5, 5.41) is 0.572. The van der Waals surface area contributed by atoms with E-state index in [1.54, 1.807) is 6.07 Å². The van der Waals surface area contributed by atoms with Crippen molar-refractivity contribution in [2.45, 2.75) is 38.7 Å². The van der Waals surface area contributed by atoms with Crippen LogP contribution < -0.4 is 5.56 Å². The van der Waals surface area contributed by atoms with Gasteiger partial charge in [0.2, 0.25) is 5.91 Å². The third-order valence-electron chi connectivity index (χ3n) is 4.37. The van der Waals surface area contributed by atoms with E-state index in [-0.39, 0.29) is 17.6 Å². The molecule has 0 aliphatic carbocycles. The van der Waals surface area contributed by atoms with Crippen LogP contribution in [0.15, 0.2) is 29.1 Å². The highest BCUT2D eigenvalue weighted by Crippen LogP contribution is 2.15. The van der Waals surface area contributed by atoms with Crippen molar-refractivity contribution < 1.29 is 9.53 Å². The Morgan fingerprint density at radius 1 is 1.42 bits per heavy atom. The lowest BCUT2D eigenvalue weighted by atomic mass is 10.1. The first-order valence-electron chi connectivity index (χ1n) is 8.54. The summed E-state index contributed by atoms with van der Waals surface area (Å²) in [7, 11) is 0. The van der Waals surface area contributed by atoms with Crippen molar-refractivity contribution >= 4 is 16.8 Å². The third kappa shape index (κ3) is 3.82. The van der Waals surface area contributed by atoms with Crippen molar-refractivity contribution in [1.29, 1.82) is 0 Å². The van der Waals surface area contributed by atoms with Crippen molar-refractivity contribution in [2.75, 3.05) is 19.7 Å². The van der Waals surface area contributed by atoms with Gasteiger partial charge >= 0.3 is 0 Å². The van der Waals surface area contributed by atoms with E-state index in [2.05, 4.69) is 9.97 Å². The number of ether oxygens (including phenoxy) is 1. The third-order valence-corrected chi connectivity index (χ3v) is 4.37. The first-order valence-corrected chi connectivity index (χ1v) is 8.54. The average molecular weight is 329 g/mol. The van der Waals surface area contributed by atoms with Gasteiger partial charge in [-0.2, -0.15) is 0 Å². The predicted octanol–water partition coefficient (Wildman–Crippen LogP) is 1.88. The molecule has 24 heavy (non-hydrogen) atoms. The highest BCUT2D eigenvalue weighted by Gasteiger charge is 2.23. The van der Waals surface area contributed by atoms with Crippen LogP contribution in [0.2, 0.25) is 0 Å². The van der Waals surface area contributed by atoms with Crippen LogP contribution in [0, 0.1) is 0 Å². The quantitative estimate of drug-likeness (QED) is 0.909. The number of carbonyl (C=O) groups excluding carboxylic acids is 1. The Kier molecular flexibility index (Phi) is 5.25. The molecule has 1 saturated heterocycles. The van der Waals surface area contributed by atoms with Crippen molar-refractivity contribution in [3.8, 4) is 0 Å². The molecule has 2 aromatic rings. The van der Waals surface area contributed by atoms with Gasteiger partial charge in [0.15, 0.2) is 0 Å². The molecule has 2 heterocycles. The molecule has 3 rings (SSSR count). The Morgan fingerprint density at radius 2 is 2.25 bits per heavy atom. The van der Waals surface area contributed by atoms with E-state index in [1.807, 2.05) is 30.0 Å². The van der Waals surface area contributed by atoms with Gasteiger partial charge in [-0.05, 0) is 31.9 Å². The number of amides is 1. The summed E-state index contributed by atoms with van der Waals surface area (Å²) in [4.78, 5) is 33.6. The lowest BCUT2D eigenvalue weighted by Crippen LogP contribution is -2.43. The number of hydrogen-bond donors (Lipinski definition) is 1. The van der Waals surface area contributed by atoms with Crippen LogP contribution in [-0.4, -0.2) is 46.6 Å². The fraction of sp³-hybridized carbons (Fsp3) is 0.500. The maximum Gasteiger partial charge on any atom is 0.258 e. The monoisotopic (exact) mass is 329 g/mol. The zero-order chi connectivity index (χ0) is 16.9. The standard InChI is InChI=1S/C18H23N3O3/c1-2-24-13-6-5-11-21(12-13)17(22)10-9-16-19-15-8-4-3-7-14(15)18(23)20-16/h3-4,7-8,13H,2,5-6,9-12H2,1H3,(H,19,20,23). The minimum Gasteiger partial charge on any atom is -0.377 e. The number of nitrogens with zero attached hydrogens (tertiary/aromatic N) is 2. The maximum absolute atomic E-state index is 12.4. The summed E-state index contributed by atoms with van der Waals surface area (Å²) < 4.78 is 5.64. The summed E-state index contributed by atoms with van der Waals surface area (Å²) in [6.45, 7) is 4.09. The number of likely N-dealkylation sites (tertiary alicyclic amines) is 1. The molecule has 0 saturated carbocycles. The number of fused-ring (bicyclic) bond motifs is 1. The van der Waals surface area contributed by atoms with E-state index in [1.165, 1.54) is 0 Å². The number of benzene rings is 1. The van der Waals surface area contributed by atoms with Gasteiger partial charge in [-0.25, -0.2) is 4.98 Å². The lowest BCUT2D eigenvalue weighted by Gasteiger charge is -2.32. The number of carbonyl (C=O) groups is 1. The molecule has 0 radical (unpaired) electrons. The van der Waals surface area contributed by atoms with Crippen LogP contribution >= 0.6 is 0 Å². The predicted molar refractivity (Wildman–Crippen MR) is 91.9 cm³/mol. The van der Waals surface area contributed by atoms with Crippen molar-refractivity contribution in [3.63, 3.8) is 0 Å². The highest BCUT2D eigenvalue weighted by molar-refractivity contribution is 5.78. The smallest absolute Gasteiger partial charge is 0.258 e. The van der Waals surface area contributed by atoms with E-state index in [0.29, 0.717) is 42.7 Å². The summed E-state index contributed by atoms with van der Waals surface area (Å²) >= 11 is 0. The molecule has 1 aliphatic rings. The van der Waals surface area contributed by atoms with Gasteiger partial charge in [-0.3, -0.25) is 9.59 Å². The van der Waals surface area contributed by atoms with Crippen molar-refractivity contribution in [1.82, 2.24) is 14.9 Å². The second kappa shape index (κ2) is 7.57. The summed E-state index contributed by atoms with van der Waals surface area (Å²) in [6.07, 6.45) is 2.92. The Balaban J connectivity index is 1.63. The number of rotatable bonds is 5. The number of H-pyrrole nitrogens is 1. The molecule has 1 N–H and O–H groups in total. The van der Waals surface area contributed by atoms with Crippen LogP contribution in [0.1, 0.15) is 32.0 Å².